The number of benzene rings is 1. The van der Waals surface area contributed by atoms with Gasteiger partial charge in [-0.2, -0.15) is 5.10 Å². The molecule has 0 fully saturated rings. The van der Waals surface area contributed by atoms with E-state index >= 15 is 0 Å². The fourth-order valence-electron chi connectivity index (χ4n) is 2.33. The maximum absolute atomic E-state index is 5.69. The molecule has 2 heterocycles. The van der Waals surface area contributed by atoms with Crippen LogP contribution in [0.25, 0.3) is 10.9 Å². The van der Waals surface area contributed by atoms with Crippen LogP contribution in [0.3, 0.4) is 0 Å². The first-order valence-corrected chi connectivity index (χ1v) is 9.38. The molecule has 3 rings (SSSR count). The van der Waals surface area contributed by atoms with Gasteiger partial charge in [-0.15, -0.1) is 0 Å². The Morgan fingerprint density at radius 1 is 1.50 bits per heavy atom. The van der Waals surface area contributed by atoms with Crippen molar-refractivity contribution in [1.29, 1.82) is 0 Å². The number of rotatable bonds is 1. The fourth-order valence-corrected chi connectivity index (χ4v) is 3.90. The summed E-state index contributed by atoms with van der Waals surface area (Å²) >= 11 is 2.37. The van der Waals surface area contributed by atoms with Crippen molar-refractivity contribution in [3.8, 4) is 5.75 Å². The summed E-state index contributed by atoms with van der Waals surface area (Å²) in [4.78, 5) is 0. The molecule has 0 spiro atoms. The van der Waals surface area contributed by atoms with Crippen LogP contribution >= 0.6 is 28.4 Å². The number of aryl methyl sites for hydroxylation is 2. The largest absolute Gasteiger partial charge is 0.493 e. The van der Waals surface area contributed by atoms with Crippen molar-refractivity contribution in [1.82, 2.24) is 9.55 Å². The van der Waals surface area contributed by atoms with Crippen LogP contribution in [-0.2, 0) is 6.42 Å². The Morgan fingerprint density at radius 2 is 2.38 bits per heavy atom. The van der Waals surface area contributed by atoms with E-state index in [1.54, 1.807) is 0 Å². The molecule has 3 nitrogen and oxygen atoms in total. The number of nitrogens with zero attached hydrogens (tertiary/aromatic N) is 2. The Labute approximate surface area is 109 Å². The highest BCUT2D eigenvalue weighted by Crippen LogP contribution is 2.37. The van der Waals surface area contributed by atoms with Gasteiger partial charge in [0.05, 0.1) is 24.2 Å². The van der Waals surface area contributed by atoms with Crippen molar-refractivity contribution in [3.63, 3.8) is 0 Å². The summed E-state index contributed by atoms with van der Waals surface area (Å²) in [5, 5.41) is 5.89. The van der Waals surface area contributed by atoms with Crippen molar-refractivity contribution < 1.29 is 4.74 Å². The molecular weight excluding hydrogens is 334 g/mol. The first-order valence-electron chi connectivity index (χ1n) is 5.32. The van der Waals surface area contributed by atoms with E-state index in [1.807, 2.05) is 0 Å². The van der Waals surface area contributed by atoms with E-state index in [4.69, 9.17) is 4.74 Å². The minimum atomic E-state index is 0.653. The summed E-state index contributed by atoms with van der Waals surface area (Å²) in [6.07, 6.45) is 2.88. The van der Waals surface area contributed by atoms with Crippen LogP contribution in [0.4, 0.5) is 0 Å². The molecule has 0 saturated carbocycles. The summed E-state index contributed by atoms with van der Waals surface area (Å²) < 4.78 is 7.78. The summed E-state index contributed by atoms with van der Waals surface area (Å²) in [6.45, 7) is 2.93. The van der Waals surface area contributed by atoms with Crippen LogP contribution in [0.5, 0.6) is 5.75 Å². The molecule has 0 amide bonds. The average molecular weight is 346 g/mol. The molecule has 1 atom stereocenters. The van der Waals surface area contributed by atoms with Gasteiger partial charge in [0.2, 0.25) is 0 Å². The SMILES string of the molecule is Cc1nn(PI)c2ccc3c(c12)CCCO3. The third kappa shape index (κ3) is 1.54. The Balaban J connectivity index is 2.34. The highest BCUT2D eigenvalue weighted by molar-refractivity contribution is 14.2. The van der Waals surface area contributed by atoms with Gasteiger partial charge in [-0.05, 0) is 53.9 Å². The molecule has 1 aliphatic rings. The van der Waals surface area contributed by atoms with E-state index < -0.39 is 0 Å². The molecule has 1 aliphatic heterocycles. The van der Waals surface area contributed by atoms with Crippen LogP contribution in [0, 0.1) is 6.92 Å². The van der Waals surface area contributed by atoms with Crippen molar-refractivity contribution >= 4 is 39.3 Å². The van der Waals surface area contributed by atoms with Gasteiger partial charge in [0.15, 0.2) is 0 Å². The molecule has 0 bridgehead atoms. The van der Waals surface area contributed by atoms with Crippen LogP contribution < -0.4 is 4.74 Å². The minimum absolute atomic E-state index is 0.653. The number of aromatic nitrogens is 2. The fraction of sp³-hybridized carbons (Fsp3) is 0.364. The van der Waals surface area contributed by atoms with E-state index in [1.165, 1.54) is 16.5 Å². The lowest BCUT2D eigenvalue weighted by atomic mass is 10.0. The number of halogens is 1. The van der Waals surface area contributed by atoms with Gasteiger partial charge in [0, 0.05) is 10.9 Å². The van der Waals surface area contributed by atoms with Crippen LogP contribution in [-0.4, -0.2) is 16.2 Å². The van der Waals surface area contributed by atoms with Gasteiger partial charge >= 0.3 is 0 Å². The van der Waals surface area contributed by atoms with Gasteiger partial charge in [-0.25, -0.2) is 4.45 Å². The summed E-state index contributed by atoms with van der Waals surface area (Å²) in [5.41, 5.74) is 3.72. The molecule has 0 saturated heterocycles. The van der Waals surface area contributed by atoms with Gasteiger partial charge in [-0.3, -0.25) is 0 Å². The molecule has 84 valence electrons. The maximum atomic E-state index is 5.69. The standard InChI is InChI=1S/C11H12IN2OP/c1-7-11-8-3-2-6-15-10(8)5-4-9(11)14(13-7)16-12/h4-5,16H,2-3,6H2,1H3. The second kappa shape index (κ2) is 4.15. The Kier molecular flexibility index (Phi) is 2.80. The van der Waals surface area contributed by atoms with Gasteiger partial charge in [0.1, 0.15) is 5.75 Å². The summed E-state index contributed by atoms with van der Waals surface area (Å²) in [5.74, 6) is 1.05. The lowest BCUT2D eigenvalue weighted by Gasteiger charge is -2.17. The van der Waals surface area contributed by atoms with Crippen LogP contribution in [0.1, 0.15) is 17.7 Å². The zero-order valence-electron chi connectivity index (χ0n) is 8.96. The number of ether oxygens (including phenoxy) is 1. The van der Waals surface area contributed by atoms with Crippen molar-refractivity contribution in [2.24, 2.45) is 0 Å². The Morgan fingerprint density at radius 3 is 3.19 bits per heavy atom. The van der Waals surface area contributed by atoms with Gasteiger partial charge < -0.3 is 4.74 Å². The van der Waals surface area contributed by atoms with Gasteiger partial charge in [-0.1, -0.05) is 0 Å². The molecule has 1 unspecified atom stereocenters. The molecule has 5 heteroatoms. The quantitative estimate of drug-likeness (QED) is 0.584. The third-order valence-corrected chi connectivity index (χ3v) is 4.87. The molecule has 16 heavy (non-hydrogen) atoms. The van der Waals surface area contributed by atoms with Crippen LogP contribution in [0.2, 0.25) is 0 Å². The van der Waals surface area contributed by atoms with E-state index in [0.717, 1.165) is 30.9 Å². The second-order valence-electron chi connectivity index (χ2n) is 3.97. The van der Waals surface area contributed by atoms with Gasteiger partial charge in [0.25, 0.3) is 0 Å². The first kappa shape index (κ1) is 10.8. The minimum Gasteiger partial charge on any atom is -0.493 e. The van der Waals surface area contributed by atoms with E-state index in [-0.39, 0.29) is 0 Å². The summed E-state index contributed by atoms with van der Waals surface area (Å²) in [6, 6.07) is 4.22. The van der Waals surface area contributed by atoms with E-state index in [9.17, 15) is 0 Å². The monoisotopic (exact) mass is 346 g/mol. The highest BCUT2D eigenvalue weighted by Gasteiger charge is 2.18. The second-order valence-corrected chi connectivity index (χ2v) is 6.01. The topological polar surface area (TPSA) is 27.1 Å². The molecular formula is C11H12IN2OP. The Bertz CT molecular complexity index is 552. The zero-order chi connectivity index (χ0) is 11.1. The third-order valence-electron chi connectivity index (χ3n) is 3.00. The lowest BCUT2D eigenvalue weighted by Crippen LogP contribution is -2.08. The smallest absolute Gasteiger partial charge is 0.123 e. The van der Waals surface area contributed by atoms with E-state index in [0.29, 0.717) is 6.37 Å². The normalized spacial score (nSPS) is 15.6. The van der Waals surface area contributed by atoms with E-state index in [2.05, 4.69) is 50.6 Å². The molecule has 1 aromatic carbocycles. The van der Waals surface area contributed by atoms with Crippen LogP contribution in [0.15, 0.2) is 12.1 Å². The number of hydrogen-bond acceptors (Lipinski definition) is 2. The molecule has 1 aromatic heterocycles. The van der Waals surface area contributed by atoms with Crippen molar-refractivity contribution in [2.45, 2.75) is 19.8 Å². The lowest BCUT2D eigenvalue weighted by molar-refractivity contribution is 0.289. The molecule has 0 radical (unpaired) electrons. The maximum Gasteiger partial charge on any atom is 0.123 e. The zero-order valence-corrected chi connectivity index (χ0v) is 12.1. The number of fused-ring (bicyclic) bond motifs is 3. The molecule has 0 N–H and O–H groups in total. The molecule has 0 aliphatic carbocycles. The predicted octanol–water partition coefficient (Wildman–Crippen LogP) is 3.46. The first-order chi connectivity index (χ1) is 7.81. The van der Waals surface area contributed by atoms with Crippen molar-refractivity contribution in [3.05, 3.63) is 23.4 Å². The average Bonchev–Trinajstić information content (AvgIpc) is 2.66. The molecule has 2 aromatic rings. The highest BCUT2D eigenvalue weighted by atomic mass is 127. The Hall–Kier alpha value is -0.350. The number of hydrogen-bond donors (Lipinski definition) is 0. The predicted molar refractivity (Wildman–Crippen MR) is 76.0 cm³/mol. The summed E-state index contributed by atoms with van der Waals surface area (Å²) in [7, 11) is 0. The van der Waals surface area contributed by atoms with Crippen molar-refractivity contribution in [2.75, 3.05) is 6.61 Å².